The molecule has 4 atom stereocenters. The molecule has 2 aromatic rings. The molecule has 0 unspecified atom stereocenters. The number of nitrogens with one attached hydrogen (secondary N) is 1. The number of fused-ring (bicyclic) bond motifs is 4. The second-order valence-corrected chi connectivity index (χ2v) is 11.9. The number of nitrogens with two attached hydrogens (primary N) is 1. The molecular weight excluding hydrogens is 545 g/mol. The maximum atomic E-state index is 16.0. The highest BCUT2D eigenvalue weighted by molar-refractivity contribution is 6.24. The predicted molar refractivity (Wildman–Crippen MR) is 148 cm³/mol. The number of Topliss-reactive ketones (excluding diaryl/α,β-unsaturated/α-hetero) is 2. The largest absolute Gasteiger partial charge is 0.510 e. The molecule has 0 fully saturated rings. The first kappa shape index (κ1) is 28.1. The Morgan fingerprint density at radius 1 is 1.12 bits per heavy atom. The number of ketones is 2. The maximum Gasteiger partial charge on any atom is 0.255 e. The number of hydrogen-bond donors (Lipinski definition) is 6. The Balaban J connectivity index is 1.36. The fourth-order valence-electron chi connectivity index (χ4n) is 7.44. The minimum absolute atomic E-state index is 0.0142. The number of carbonyl (C=O) groups excluding carboxylic acids is 3. The number of primary amides is 1. The Bertz CT molecular complexity index is 1610. The van der Waals surface area contributed by atoms with Crippen LogP contribution in [0.3, 0.4) is 0 Å². The molecule has 10 nitrogen and oxygen atoms in total. The van der Waals surface area contributed by atoms with E-state index in [4.69, 9.17) is 5.73 Å². The zero-order valence-corrected chi connectivity index (χ0v) is 23.1. The van der Waals surface area contributed by atoms with Crippen molar-refractivity contribution in [1.29, 1.82) is 0 Å². The van der Waals surface area contributed by atoms with E-state index in [9.17, 15) is 34.8 Å². The van der Waals surface area contributed by atoms with Gasteiger partial charge in [0.05, 0.1) is 11.6 Å². The number of benzene rings is 2. The summed E-state index contributed by atoms with van der Waals surface area (Å²) in [6.07, 6.45) is 1.38. The van der Waals surface area contributed by atoms with E-state index >= 15 is 4.39 Å². The highest BCUT2D eigenvalue weighted by atomic mass is 19.1. The molecule has 4 aliphatic carbocycles. The third-order valence-electron chi connectivity index (χ3n) is 9.36. The summed E-state index contributed by atoms with van der Waals surface area (Å²) in [5.74, 6) is -8.30. The van der Waals surface area contributed by atoms with E-state index in [2.05, 4.69) is 17.4 Å². The molecule has 6 rings (SSSR count). The standard InChI is InChI=1S/C31H32FN3O7/c1-35(2)25-19-10-15-9-18-22(26(37)21(15)28(39)31(19,42)29(40)23(27(25)38)30(33)41)20(36)11-16(24(18)32)12-34-17-7-13-5-3-4-6-14(13)8-17/h3-6,11,15,17,19,25,34,36,38-39,42H,7-10,12H2,1-2H3,(H2,33,41)/t15-,19-,25-,31-/m0/s1. The van der Waals surface area contributed by atoms with Crippen molar-refractivity contribution in [2.45, 2.75) is 49.9 Å². The molecule has 0 saturated carbocycles. The van der Waals surface area contributed by atoms with Crippen LogP contribution in [-0.2, 0) is 35.4 Å². The number of allylic oxidation sites excluding steroid dienone is 1. The van der Waals surface area contributed by atoms with Crippen molar-refractivity contribution in [2.24, 2.45) is 17.6 Å². The lowest BCUT2D eigenvalue weighted by Gasteiger charge is -2.50. The fraction of sp³-hybridized carbons (Fsp3) is 0.387. The Morgan fingerprint density at radius 2 is 1.76 bits per heavy atom. The number of phenols is 1. The molecule has 0 radical (unpaired) electrons. The number of halogens is 1. The van der Waals surface area contributed by atoms with E-state index in [0.717, 1.165) is 12.8 Å². The second-order valence-electron chi connectivity index (χ2n) is 11.9. The first-order chi connectivity index (χ1) is 19.9. The summed E-state index contributed by atoms with van der Waals surface area (Å²) in [7, 11) is 3.10. The number of aliphatic hydroxyl groups is 3. The number of aliphatic hydroxyl groups excluding tert-OH is 2. The molecule has 0 aliphatic heterocycles. The van der Waals surface area contributed by atoms with Crippen molar-refractivity contribution in [3.05, 3.63) is 86.6 Å². The molecule has 11 heteroatoms. The number of nitrogens with zero attached hydrogens (tertiary/aromatic N) is 1. The van der Waals surface area contributed by atoms with Gasteiger partial charge in [-0.15, -0.1) is 0 Å². The quantitative estimate of drug-likeness (QED) is 0.288. The van der Waals surface area contributed by atoms with Gasteiger partial charge in [-0.2, -0.15) is 0 Å². The minimum atomic E-state index is -2.73. The van der Waals surface area contributed by atoms with E-state index < -0.39 is 69.6 Å². The average Bonchev–Trinajstić information content (AvgIpc) is 3.34. The molecule has 4 aliphatic rings. The van der Waals surface area contributed by atoms with Crippen molar-refractivity contribution in [3.63, 3.8) is 0 Å². The lowest BCUT2D eigenvalue weighted by molar-refractivity contribution is -0.148. The van der Waals surface area contributed by atoms with Crippen LogP contribution >= 0.6 is 0 Å². The average molecular weight is 578 g/mol. The minimum Gasteiger partial charge on any atom is -0.510 e. The predicted octanol–water partition coefficient (Wildman–Crippen LogP) is 1.52. The van der Waals surface area contributed by atoms with Crippen molar-refractivity contribution < 1.29 is 39.2 Å². The Morgan fingerprint density at radius 3 is 2.36 bits per heavy atom. The zero-order chi connectivity index (χ0) is 30.2. The molecule has 7 N–H and O–H groups in total. The number of amides is 1. The van der Waals surface area contributed by atoms with Gasteiger partial charge in [0, 0.05) is 35.2 Å². The van der Waals surface area contributed by atoms with Gasteiger partial charge in [0.15, 0.2) is 11.4 Å². The van der Waals surface area contributed by atoms with Gasteiger partial charge in [-0.1, -0.05) is 24.3 Å². The van der Waals surface area contributed by atoms with Crippen LogP contribution in [0.2, 0.25) is 0 Å². The molecule has 0 saturated heterocycles. The second kappa shape index (κ2) is 9.75. The summed E-state index contributed by atoms with van der Waals surface area (Å²) < 4.78 is 16.0. The van der Waals surface area contributed by atoms with Gasteiger partial charge in [-0.25, -0.2) is 4.39 Å². The van der Waals surface area contributed by atoms with E-state index in [1.165, 1.54) is 22.1 Å². The Labute approximate surface area is 240 Å². The van der Waals surface area contributed by atoms with Gasteiger partial charge < -0.3 is 31.5 Å². The van der Waals surface area contributed by atoms with Gasteiger partial charge in [-0.05, 0) is 62.9 Å². The highest BCUT2D eigenvalue weighted by Gasteiger charge is 2.63. The van der Waals surface area contributed by atoms with Crippen LogP contribution in [0.1, 0.15) is 39.0 Å². The Hall–Kier alpha value is -4.06. The van der Waals surface area contributed by atoms with E-state index in [1.54, 1.807) is 14.1 Å². The monoisotopic (exact) mass is 577 g/mol. The SMILES string of the molecule is CN(C)[C@@H]1C(O)=C(C(N)=O)C(=O)[C@@]2(O)C(O)=C3C(=O)c4c(O)cc(CNC5Cc6ccccc6C5)c(F)c4C[C@H]3C[C@@H]12. The summed E-state index contributed by atoms with van der Waals surface area (Å²) in [6.45, 7) is 0.117. The number of rotatable bonds is 5. The van der Waals surface area contributed by atoms with Crippen LogP contribution in [0.15, 0.2) is 53.0 Å². The molecule has 42 heavy (non-hydrogen) atoms. The number of aromatic hydroxyl groups is 1. The fourth-order valence-corrected chi connectivity index (χ4v) is 7.44. The van der Waals surface area contributed by atoms with E-state index in [1.807, 2.05) is 12.1 Å². The summed E-state index contributed by atoms with van der Waals surface area (Å²) >= 11 is 0. The van der Waals surface area contributed by atoms with Crippen molar-refractivity contribution >= 4 is 17.5 Å². The maximum absolute atomic E-state index is 16.0. The van der Waals surface area contributed by atoms with Gasteiger partial charge in [0.2, 0.25) is 5.78 Å². The molecule has 2 aromatic carbocycles. The summed E-state index contributed by atoms with van der Waals surface area (Å²) in [5.41, 5.74) is 3.70. The number of phenolic OH excluding ortho intramolecular Hbond substituents is 1. The normalized spacial score (nSPS) is 27.2. The first-order valence-corrected chi connectivity index (χ1v) is 13.8. The molecular formula is C31H32FN3O7. The lowest BCUT2D eigenvalue weighted by atomic mass is 9.58. The van der Waals surface area contributed by atoms with E-state index in [-0.39, 0.29) is 47.7 Å². The summed E-state index contributed by atoms with van der Waals surface area (Å²) in [5, 5.41) is 48.1. The van der Waals surface area contributed by atoms with Crippen LogP contribution in [0.5, 0.6) is 5.75 Å². The molecule has 1 amide bonds. The summed E-state index contributed by atoms with van der Waals surface area (Å²) in [6, 6.07) is 8.23. The molecule has 0 spiro atoms. The van der Waals surface area contributed by atoms with Crippen LogP contribution in [-0.4, -0.2) is 74.6 Å². The molecule has 0 heterocycles. The third-order valence-corrected chi connectivity index (χ3v) is 9.36. The topological polar surface area (TPSA) is 173 Å². The number of carbonyl (C=O) groups is 3. The number of likely N-dealkylation sites (N-methyl/N-ethyl adjacent to an activating group) is 1. The van der Waals surface area contributed by atoms with Crippen LogP contribution < -0.4 is 11.1 Å². The summed E-state index contributed by atoms with van der Waals surface area (Å²) in [4.78, 5) is 40.6. The van der Waals surface area contributed by atoms with Gasteiger partial charge in [-0.3, -0.25) is 19.3 Å². The van der Waals surface area contributed by atoms with Crippen LogP contribution in [0.4, 0.5) is 4.39 Å². The lowest BCUT2D eigenvalue weighted by Crippen LogP contribution is -2.63. The smallest absolute Gasteiger partial charge is 0.255 e. The van der Waals surface area contributed by atoms with Gasteiger partial charge in [0.25, 0.3) is 5.91 Å². The molecule has 0 aromatic heterocycles. The molecule has 0 bridgehead atoms. The first-order valence-electron chi connectivity index (χ1n) is 13.8. The van der Waals surface area contributed by atoms with Crippen molar-refractivity contribution in [2.75, 3.05) is 14.1 Å². The highest BCUT2D eigenvalue weighted by Crippen LogP contribution is 2.52. The number of hydrogen-bond acceptors (Lipinski definition) is 9. The van der Waals surface area contributed by atoms with Gasteiger partial charge in [0.1, 0.15) is 28.7 Å². The van der Waals surface area contributed by atoms with Crippen LogP contribution in [0, 0.1) is 17.7 Å². The Kier molecular flexibility index (Phi) is 6.52. The van der Waals surface area contributed by atoms with Crippen molar-refractivity contribution in [1.82, 2.24) is 10.2 Å². The van der Waals surface area contributed by atoms with Crippen molar-refractivity contribution in [3.8, 4) is 5.75 Å². The van der Waals surface area contributed by atoms with Crippen LogP contribution in [0.25, 0.3) is 0 Å². The molecule has 220 valence electrons. The van der Waals surface area contributed by atoms with E-state index in [0.29, 0.717) is 0 Å². The zero-order valence-electron chi connectivity index (χ0n) is 23.1. The van der Waals surface area contributed by atoms with Gasteiger partial charge >= 0.3 is 0 Å². The third kappa shape index (κ3) is 3.91.